The zero-order valence-corrected chi connectivity index (χ0v) is 14.9. The fraction of sp³-hybridized carbons (Fsp3) is 0.421. The van der Waals surface area contributed by atoms with Gasteiger partial charge in [-0.15, -0.1) is 0 Å². The summed E-state index contributed by atoms with van der Waals surface area (Å²) >= 11 is 0. The molecule has 2 aromatic rings. The molecular weight excluding hydrogens is 316 g/mol. The third kappa shape index (κ3) is 3.90. The summed E-state index contributed by atoms with van der Waals surface area (Å²) in [6.45, 7) is 7.85. The molecule has 1 fully saturated rings. The Hall–Kier alpha value is -2.63. The van der Waals surface area contributed by atoms with E-state index < -0.39 is 0 Å². The molecule has 0 bridgehead atoms. The maximum atomic E-state index is 12.4. The van der Waals surface area contributed by atoms with E-state index in [0.29, 0.717) is 16.9 Å². The summed E-state index contributed by atoms with van der Waals surface area (Å²) in [6.07, 6.45) is 2.12. The number of H-pyrrole nitrogens is 1. The highest BCUT2D eigenvalue weighted by Crippen LogP contribution is 2.22. The number of hydrogen-bond donors (Lipinski definition) is 2. The fourth-order valence-electron chi connectivity index (χ4n) is 2.83. The van der Waals surface area contributed by atoms with E-state index in [1.807, 2.05) is 11.0 Å². The van der Waals surface area contributed by atoms with Crippen molar-refractivity contribution >= 4 is 17.6 Å². The van der Waals surface area contributed by atoms with E-state index in [0.717, 1.165) is 31.6 Å². The Morgan fingerprint density at radius 1 is 1.08 bits per heavy atom. The third-order valence-corrected chi connectivity index (χ3v) is 4.41. The number of likely N-dealkylation sites (tertiary alicyclic amines) is 1. The molecule has 6 nitrogen and oxygen atoms in total. The monoisotopic (exact) mass is 340 g/mol. The molecule has 0 spiro atoms. The molecule has 1 aliphatic rings. The molecule has 0 radical (unpaired) electrons. The van der Waals surface area contributed by atoms with Crippen molar-refractivity contribution in [1.82, 2.24) is 15.1 Å². The average molecular weight is 340 g/mol. The van der Waals surface area contributed by atoms with Crippen LogP contribution in [0, 0.1) is 0 Å². The molecule has 3 rings (SSSR count). The third-order valence-electron chi connectivity index (χ3n) is 4.41. The lowest BCUT2D eigenvalue weighted by Crippen LogP contribution is -2.27. The summed E-state index contributed by atoms with van der Waals surface area (Å²) in [7, 11) is 0. The van der Waals surface area contributed by atoms with E-state index in [-0.39, 0.29) is 17.2 Å². The van der Waals surface area contributed by atoms with Gasteiger partial charge >= 0.3 is 0 Å². The topological polar surface area (TPSA) is 78.1 Å². The number of anilines is 1. The standard InChI is InChI=1S/C19H24N4O2/c1-19(2,3)15-12-16(22-21-15)20-17(24)13-6-8-14(9-7-13)18(25)23-10-4-5-11-23/h6-9,12H,4-5,10-11H2,1-3H3,(H2,20,21,22,24). The maximum Gasteiger partial charge on any atom is 0.256 e. The highest BCUT2D eigenvalue weighted by Gasteiger charge is 2.20. The van der Waals surface area contributed by atoms with Gasteiger partial charge in [0.25, 0.3) is 11.8 Å². The molecule has 1 aromatic carbocycles. The van der Waals surface area contributed by atoms with Crippen molar-refractivity contribution in [2.75, 3.05) is 18.4 Å². The van der Waals surface area contributed by atoms with Crippen LogP contribution < -0.4 is 5.32 Å². The van der Waals surface area contributed by atoms with Gasteiger partial charge in [-0.1, -0.05) is 20.8 Å². The summed E-state index contributed by atoms with van der Waals surface area (Å²) in [4.78, 5) is 26.5. The molecule has 0 unspecified atom stereocenters. The van der Waals surface area contributed by atoms with E-state index in [1.165, 1.54) is 0 Å². The van der Waals surface area contributed by atoms with Crippen LogP contribution in [-0.4, -0.2) is 40.0 Å². The second-order valence-corrected chi connectivity index (χ2v) is 7.45. The molecule has 1 aliphatic heterocycles. The van der Waals surface area contributed by atoms with Gasteiger partial charge in [-0.05, 0) is 37.1 Å². The van der Waals surface area contributed by atoms with E-state index in [4.69, 9.17) is 0 Å². The second-order valence-electron chi connectivity index (χ2n) is 7.45. The molecule has 6 heteroatoms. The number of amides is 2. The SMILES string of the molecule is CC(C)(C)c1cc(NC(=O)c2ccc(C(=O)N3CCCC3)cc2)n[nH]1. The number of nitrogens with zero attached hydrogens (tertiary/aromatic N) is 2. The minimum atomic E-state index is -0.243. The largest absolute Gasteiger partial charge is 0.339 e. The van der Waals surface area contributed by atoms with Gasteiger partial charge in [0.15, 0.2) is 5.82 Å². The number of aromatic amines is 1. The zero-order valence-electron chi connectivity index (χ0n) is 14.9. The van der Waals surface area contributed by atoms with Crippen molar-refractivity contribution in [3.63, 3.8) is 0 Å². The molecule has 132 valence electrons. The first-order chi connectivity index (χ1) is 11.8. The molecule has 25 heavy (non-hydrogen) atoms. The fourth-order valence-corrected chi connectivity index (χ4v) is 2.83. The van der Waals surface area contributed by atoms with Crippen LogP contribution in [0.3, 0.4) is 0 Å². The van der Waals surface area contributed by atoms with Gasteiger partial charge in [0.1, 0.15) is 0 Å². The van der Waals surface area contributed by atoms with Crippen LogP contribution in [0.4, 0.5) is 5.82 Å². The zero-order chi connectivity index (χ0) is 18.0. The van der Waals surface area contributed by atoms with Crippen molar-refractivity contribution in [2.24, 2.45) is 0 Å². The Labute approximate surface area is 147 Å². The summed E-state index contributed by atoms with van der Waals surface area (Å²) < 4.78 is 0. The number of aromatic nitrogens is 2. The normalized spacial score (nSPS) is 14.6. The van der Waals surface area contributed by atoms with Crippen LogP contribution in [0.1, 0.15) is 60.0 Å². The van der Waals surface area contributed by atoms with E-state index in [1.54, 1.807) is 24.3 Å². The van der Waals surface area contributed by atoms with E-state index >= 15 is 0 Å². The Bertz CT molecular complexity index is 765. The van der Waals surface area contributed by atoms with Crippen LogP contribution in [0.2, 0.25) is 0 Å². The first kappa shape index (κ1) is 17.2. The van der Waals surface area contributed by atoms with Gasteiger partial charge in [0.2, 0.25) is 0 Å². The van der Waals surface area contributed by atoms with Gasteiger partial charge in [0, 0.05) is 41.4 Å². The highest BCUT2D eigenvalue weighted by molar-refractivity contribution is 6.04. The minimum absolute atomic E-state index is 0.0339. The molecule has 1 aromatic heterocycles. The molecule has 0 aliphatic carbocycles. The van der Waals surface area contributed by atoms with Crippen molar-refractivity contribution in [2.45, 2.75) is 39.0 Å². The highest BCUT2D eigenvalue weighted by atomic mass is 16.2. The number of rotatable bonds is 3. The number of benzene rings is 1. The Morgan fingerprint density at radius 2 is 1.68 bits per heavy atom. The lowest BCUT2D eigenvalue weighted by atomic mass is 9.92. The smallest absolute Gasteiger partial charge is 0.256 e. The number of nitrogens with one attached hydrogen (secondary N) is 2. The quantitative estimate of drug-likeness (QED) is 0.901. The van der Waals surface area contributed by atoms with Crippen molar-refractivity contribution in [3.8, 4) is 0 Å². The van der Waals surface area contributed by atoms with Crippen LogP contribution >= 0.6 is 0 Å². The average Bonchev–Trinajstić information content (AvgIpc) is 3.25. The molecule has 0 saturated carbocycles. The summed E-state index contributed by atoms with van der Waals surface area (Å²) in [5, 5.41) is 9.85. The van der Waals surface area contributed by atoms with Gasteiger partial charge in [-0.2, -0.15) is 5.10 Å². The molecule has 0 atom stereocenters. The first-order valence-corrected chi connectivity index (χ1v) is 8.61. The number of hydrogen-bond acceptors (Lipinski definition) is 3. The predicted molar refractivity (Wildman–Crippen MR) is 96.8 cm³/mol. The maximum absolute atomic E-state index is 12.4. The van der Waals surface area contributed by atoms with Crippen LogP contribution in [0.15, 0.2) is 30.3 Å². The van der Waals surface area contributed by atoms with Crippen LogP contribution in [0.25, 0.3) is 0 Å². The van der Waals surface area contributed by atoms with Gasteiger partial charge in [-0.3, -0.25) is 14.7 Å². The van der Waals surface area contributed by atoms with Crippen molar-refractivity contribution in [3.05, 3.63) is 47.2 Å². The molecule has 2 amide bonds. The molecule has 2 N–H and O–H groups in total. The molecule has 1 saturated heterocycles. The summed E-state index contributed by atoms with van der Waals surface area (Å²) in [5.74, 6) is 0.283. The lowest BCUT2D eigenvalue weighted by Gasteiger charge is -2.15. The Morgan fingerprint density at radius 3 is 2.24 bits per heavy atom. The Balaban J connectivity index is 1.66. The first-order valence-electron chi connectivity index (χ1n) is 8.61. The van der Waals surface area contributed by atoms with Gasteiger partial charge in [-0.25, -0.2) is 0 Å². The van der Waals surface area contributed by atoms with Gasteiger partial charge in [0.05, 0.1) is 0 Å². The summed E-state index contributed by atoms with van der Waals surface area (Å²) in [6, 6.07) is 8.61. The number of carbonyl (C=O) groups is 2. The minimum Gasteiger partial charge on any atom is -0.339 e. The van der Waals surface area contributed by atoms with Crippen LogP contribution in [-0.2, 0) is 5.41 Å². The van der Waals surface area contributed by atoms with Crippen molar-refractivity contribution in [1.29, 1.82) is 0 Å². The predicted octanol–water partition coefficient (Wildman–Crippen LogP) is 3.20. The Kier molecular flexibility index (Phi) is 4.61. The van der Waals surface area contributed by atoms with Crippen LogP contribution in [0.5, 0.6) is 0 Å². The van der Waals surface area contributed by atoms with E-state index in [9.17, 15) is 9.59 Å². The number of carbonyl (C=O) groups excluding carboxylic acids is 2. The van der Waals surface area contributed by atoms with Gasteiger partial charge < -0.3 is 10.2 Å². The second kappa shape index (κ2) is 6.70. The molecule has 2 heterocycles. The summed E-state index contributed by atoms with van der Waals surface area (Å²) in [5.41, 5.74) is 2.01. The molecular formula is C19H24N4O2. The van der Waals surface area contributed by atoms with Crippen molar-refractivity contribution < 1.29 is 9.59 Å². The van der Waals surface area contributed by atoms with E-state index in [2.05, 4.69) is 36.3 Å². The lowest BCUT2D eigenvalue weighted by molar-refractivity contribution is 0.0792.